The molecule has 0 amide bonds. The molecule has 0 aliphatic carbocycles. The quantitative estimate of drug-likeness (QED) is 0.937. The van der Waals surface area contributed by atoms with E-state index in [4.69, 9.17) is 5.11 Å². The Morgan fingerprint density at radius 1 is 1.39 bits per heavy atom. The minimum Gasteiger partial charge on any atom is -0.478 e. The van der Waals surface area contributed by atoms with E-state index >= 15 is 0 Å². The molecule has 4 nitrogen and oxygen atoms in total. The summed E-state index contributed by atoms with van der Waals surface area (Å²) >= 11 is 4.64. The predicted molar refractivity (Wildman–Crippen MR) is 72.0 cm³/mol. The number of carboxylic acid groups (broad SMARTS) is 1. The summed E-state index contributed by atoms with van der Waals surface area (Å²) in [5.41, 5.74) is 1.21. The average Bonchev–Trinajstić information content (AvgIpc) is 2.33. The highest BCUT2D eigenvalue weighted by Gasteiger charge is 2.13. The van der Waals surface area contributed by atoms with Crippen molar-refractivity contribution in [3.63, 3.8) is 0 Å². The Balaban J connectivity index is 2.37. The van der Waals surface area contributed by atoms with Gasteiger partial charge in [0.05, 0.1) is 10.0 Å². The lowest BCUT2D eigenvalue weighted by atomic mass is 10.3. The zero-order valence-electron chi connectivity index (χ0n) is 9.42. The standard InChI is InChI=1S/C12H9BrN2O2S/c1-7-5-9(13)11(15-6-7)18-10-8(12(16)17)3-2-4-14-10/h2-6H,1H3,(H,16,17). The molecule has 0 radical (unpaired) electrons. The van der Waals surface area contributed by atoms with Crippen LogP contribution in [-0.4, -0.2) is 21.0 Å². The number of carboxylic acids is 1. The van der Waals surface area contributed by atoms with E-state index < -0.39 is 5.97 Å². The minimum absolute atomic E-state index is 0.178. The van der Waals surface area contributed by atoms with E-state index in [1.54, 1.807) is 18.5 Å². The molecule has 0 fully saturated rings. The second kappa shape index (κ2) is 5.49. The van der Waals surface area contributed by atoms with Crippen molar-refractivity contribution < 1.29 is 9.90 Å². The smallest absolute Gasteiger partial charge is 0.338 e. The van der Waals surface area contributed by atoms with Crippen LogP contribution in [0.5, 0.6) is 0 Å². The maximum atomic E-state index is 11.1. The summed E-state index contributed by atoms with van der Waals surface area (Å²) in [6.07, 6.45) is 3.30. The van der Waals surface area contributed by atoms with E-state index in [9.17, 15) is 4.79 Å². The van der Waals surface area contributed by atoms with Crippen LogP contribution in [0.15, 0.2) is 45.1 Å². The highest BCUT2D eigenvalue weighted by atomic mass is 79.9. The molecule has 1 N–H and O–H groups in total. The Bertz CT molecular complexity index is 604. The molecular formula is C12H9BrN2O2S. The van der Waals surface area contributed by atoms with Crippen LogP contribution in [0.1, 0.15) is 15.9 Å². The van der Waals surface area contributed by atoms with Gasteiger partial charge in [-0.15, -0.1) is 0 Å². The summed E-state index contributed by atoms with van der Waals surface area (Å²) in [7, 11) is 0. The number of aromatic nitrogens is 2. The first kappa shape index (κ1) is 13.0. The zero-order chi connectivity index (χ0) is 13.1. The fraction of sp³-hybridized carbons (Fsp3) is 0.0833. The van der Waals surface area contributed by atoms with Gasteiger partial charge in [0, 0.05) is 12.4 Å². The minimum atomic E-state index is -0.992. The molecule has 92 valence electrons. The van der Waals surface area contributed by atoms with Gasteiger partial charge in [-0.2, -0.15) is 0 Å². The molecule has 18 heavy (non-hydrogen) atoms. The normalized spacial score (nSPS) is 10.3. The van der Waals surface area contributed by atoms with Crippen LogP contribution < -0.4 is 0 Å². The monoisotopic (exact) mass is 324 g/mol. The second-order valence-corrected chi connectivity index (χ2v) is 5.39. The molecule has 0 spiro atoms. The molecule has 0 bridgehead atoms. The molecule has 6 heteroatoms. The third-order valence-electron chi connectivity index (χ3n) is 2.14. The third kappa shape index (κ3) is 2.88. The molecule has 0 unspecified atom stereocenters. The number of halogens is 1. The van der Waals surface area contributed by atoms with E-state index in [2.05, 4.69) is 25.9 Å². The number of rotatable bonds is 3. The number of pyridine rings is 2. The van der Waals surface area contributed by atoms with Gasteiger partial charge < -0.3 is 5.11 Å². The lowest BCUT2D eigenvalue weighted by Gasteiger charge is -2.05. The van der Waals surface area contributed by atoms with Gasteiger partial charge in [0.2, 0.25) is 0 Å². The summed E-state index contributed by atoms with van der Waals surface area (Å²) in [4.78, 5) is 19.4. The van der Waals surface area contributed by atoms with Crippen molar-refractivity contribution in [1.82, 2.24) is 9.97 Å². The number of nitrogens with zero attached hydrogens (tertiary/aromatic N) is 2. The fourth-order valence-electron chi connectivity index (χ4n) is 1.32. The topological polar surface area (TPSA) is 63.1 Å². The summed E-state index contributed by atoms with van der Waals surface area (Å²) in [6.45, 7) is 1.94. The van der Waals surface area contributed by atoms with Crippen LogP contribution in [0, 0.1) is 6.92 Å². The molecule has 0 aliphatic heterocycles. The van der Waals surface area contributed by atoms with Gasteiger partial charge in [-0.25, -0.2) is 14.8 Å². The van der Waals surface area contributed by atoms with Crippen molar-refractivity contribution in [3.8, 4) is 0 Å². The highest BCUT2D eigenvalue weighted by Crippen LogP contribution is 2.32. The van der Waals surface area contributed by atoms with Gasteiger partial charge in [-0.05, 0) is 58.4 Å². The molecular weight excluding hydrogens is 316 g/mol. The van der Waals surface area contributed by atoms with Gasteiger partial charge in [-0.3, -0.25) is 0 Å². The Morgan fingerprint density at radius 2 is 2.17 bits per heavy atom. The molecule has 0 aromatic carbocycles. The first-order chi connectivity index (χ1) is 8.58. The van der Waals surface area contributed by atoms with Crippen molar-refractivity contribution in [2.24, 2.45) is 0 Å². The van der Waals surface area contributed by atoms with Crippen molar-refractivity contribution in [2.45, 2.75) is 17.0 Å². The van der Waals surface area contributed by atoms with Crippen LogP contribution in [0.3, 0.4) is 0 Å². The number of aromatic carboxylic acids is 1. The lowest BCUT2D eigenvalue weighted by Crippen LogP contribution is -2.00. The predicted octanol–water partition coefficient (Wildman–Crippen LogP) is 3.40. The molecule has 0 atom stereocenters. The van der Waals surface area contributed by atoms with Gasteiger partial charge >= 0.3 is 5.97 Å². The van der Waals surface area contributed by atoms with E-state index in [1.807, 2.05) is 13.0 Å². The molecule has 2 aromatic rings. The average molecular weight is 325 g/mol. The van der Waals surface area contributed by atoms with E-state index in [-0.39, 0.29) is 5.56 Å². The van der Waals surface area contributed by atoms with Crippen LogP contribution in [-0.2, 0) is 0 Å². The first-order valence-corrected chi connectivity index (χ1v) is 6.67. The molecule has 2 rings (SSSR count). The largest absolute Gasteiger partial charge is 0.478 e. The van der Waals surface area contributed by atoms with Crippen molar-refractivity contribution in [2.75, 3.05) is 0 Å². The van der Waals surface area contributed by atoms with Crippen LogP contribution >= 0.6 is 27.7 Å². The molecule has 2 aromatic heterocycles. The van der Waals surface area contributed by atoms with Crippen molar-refractivity contribution in [1.29, 1.82) is 0 Å². The van der Waals surface area contributed by atoms with Crippen LogP contribution in [0.2, 0.25) is 0 Å². The summed E-state index contributed by atoms with van der Waals surface area (Å²) in [5, 5.41) is 10.2. The Hall–Kier alpha value is -1.40. The first-order valence-electron chi connectivity index (χ1n) is 5.06. The fourth-order valence-corrected chi connectivity index (χ4v) is 2.85. The molecule has 0 saturated heterocycles. The SMILES string of the molecule is Cc1cnc(Sc2ncccc2C(=O)O)c(Br)c1. The van der Waals surface area contributed by atoms with Crippen molar-refractivity contribution in [3.05, 3.63) is 46.2 Å². The maximum Gasteiger partial charge on any atom is 0.338 e. The van der Waals surface area contributed by atoms with Gasteiger partial charge in [0.15, 0.2) is 0 Å². The summed E-state index contributed by atoms with van der Waals surface area (Å²) in [6, 6.07) is 5.06. The molecule has 0 saturated carbocycles. The second-order valence-electron chi connectivity index (χ2n) is 3.56. The van der Waals surface area contributed by atoms with Gasteiger partial charge in [0.25, 0.3) is 0 Å². The summed E-state index contributed by atoms with van der Waals surface area (Å²) in [5.74, 6) is -0.992. The van der Waals surface area contributed by atoms with Crippen LogP contribution in [0.4, 0.5) is 0 Å². The van der Waals surface area contributed by atoms with E-state index in [0.717, 1.165) is 10.0 Å². The summed E-state index contributed by atoms with van der Waals surface area (Å²) < 4.78 is 0.828. The molecule has 2 heterocycles. The Labute approximate surface area is 117 Å². The van der Waals surface area contributed by atoms with Crippen molar-refractivity contribution >= 4 is 33.7 Å². The van der Waals surface area contributed by atoms with Gasteiger partial charge in [-0.1, -0.05) is 0 Å². The maximum absolute atomic E-state index is 11.1. The third-order valence-corrected chi connectivity index (χ3v) is 4.04. The highest BCUT2D eigenvalue weighted by molar-refractivity contribution is 9.10. The number of hydrogen-bond acceptors (Lipinski definition) is 4. The van der Waals surface area contributed by atoms with E-state index in [1.165, 1.54) is 17.8 Å². The van der Waals surface area contributed by atoms with Gasteiger partial charge in [0.1, 0.15) is 10.1 Å². The Kier molecular flexibility index (Phi) is 3.98. The number of aryl methyl sites for hydroxylation is 1. The zero-order valence-corrected chi connectivity index (χ0v) is 11.8. The van der Waals surface area contributed by atoms with E-state index in [0.29, 0.717) is 10.1 Å². The lowest BCUT2D eigenvalue weighted by molar-refractivity contribution is 0.0692. The number of carbonyl (C=O) groups is 1. The number of hydrogen-bond donors (Lipinski definition) is 1. The Morgan fingerprint density at radius 3 is 2.83 bits per heavy atom. The molecule has 0 aliphatic rings. The van der Waals surface area contributed by atoms with Crippen LogP contribution in [0.25, 0.3) is 0 Å².